The number of thiazole rings is 1. The van der Waals surface area contributed by atoms with Gasteiger partial charge in [-0.15, -0.1) is 11.3 Å². The van der Waals surface area contributed by atoms with Crippen LogP contribution in [0.2, 0.25) is 10.0 Å². The molecule has 0 bridgehead atoms. The zero-order valence-corrected chi connectivity index (χ0v) is 32.8. The minimum Gasteiger partial charge on any atom is -0.466 e. The van der Waals surface area contributed by atoms with E-state index in [-0.39, 0.29) is 29.6 Å². The van der Waals surface area contributed by atoms with E-state index in [1.165, 1.54) is 43.4 Å². The molecule has 0 unspecified atom stereocenters. The molecule has 1 N–H and O–H groups in total. The average Bonchev–Trinajstić information content (AvgIpc) is 3.81. The van der Waals surface area contributed by atoms with E-state index < -0.39 is 0 Å². The Labute approximate surface area is 323 Å². The number of hydrogen-bond acceptors (Lipinski definition) is 11. The van der Waals surface area contributed by atoms with E-state index in [1.54, 1.807) is 23.6 Å². The van der Waals surface area contributed by atoms with E-state index in [4.69, 9.17) is 32.9 Å². The number of piperazine rings is 1. The van der Waals surface area contributed by atoms with Crippen LogP contribution in [0.15, 0.2) is 23.7 Å². The Kier molecular flexibility index (Phi) is 12.2. The molecule has 0 aromatic carbocycles. The zero-order chi connectivity index (χ0) is 36.2. The van der Waals surface area contributed by atoms with Crippen LogP contribution in [0.5, 0.6) is 0 Å². The van der Waals surface area contributed by atoms with Gasteiger partial charge in [-0.25, -0.2) is 9.97 Å². The summed E-state index contributed by atoms with van der Waals surface area (Å²) in [5.41, 5.74) is 1.20. The number of nitrogens with zero attached hydrogens (tertiary/aromatic N) is 6. The fraction of sp³-hybridized carbons (Fsp3) is 0.595. The van der Waals surface area contributed by atoms with Crippen molar-refractivity contribution in [1.82, 2.24) is 19.8 Å². The molecule has 0 spiro atoms. The number of esters is 1. The van der Waals surface area contributed by atoms with E-state index in [0.717, 1.165) is 41.8 Å². The Morgan fingerprint density at radius 3 is 2.25 bits per heavy atom. The summed E-state index contributed by atoms with van der Waals surface area (Å²) < 4.78 is 5.17. The first-order valence-corrected chi connectivity index (χ1v) is 21.1. The predicted octanol–water partition coefficient (Wildman–Crippen LogP) is 7.30. The van der Waals surface area contributed by atoms with Crippen LogP contribution in [0.4, 0.5) is 16.0 Å². The minimum atomic E-state index is -0.324. The van der Waals surface area contributed by atoms with Crippen LogP contribution in [-0.4, -0.2) is 103 Å². The Morgan fingerprint density at radius 1 is 0.885 bits per heavy atom. The summed E-state index contributed by atoms with van der Waals surface area (Å²) in [4.78, 5) is 58.4. The van der Waals surface area contributed by atoms with Gasteiger partial charge in [0.1, 0.15) is 16.5 Å². The molecule has 6 heterocycles. The summed E-state index contributed by atoms with van der Waals surface area (Å²) in [6.07, 6.45) is 10.9. The highest BCUT2D eigenvalue weighted by Gasteiger charge is 2.34. The lowest BCUT2D eigenvalue weighted by Gasteiger charge is -2.41. The van der Waals surface area contributed by atoms with E-state index >= 15 is 0 Å². The maximum Gasteiger partial charge on any atom is 0.309 e. The number of rotatable bonds is 9. The van der Waals surface area contributed by atoms with Crippen LogP contribution in [-0.2, 0) is 14.3 Å². The summed E-state index contributed by atoms with van der Waals surface area (Å²) in [5.74, 6) is 0.0957. The van der Waals surface area contributed by atoms with E-state index in [2.05, 4.69) is 25.0 Å². The van der Waals surface area contributed by atoms with Gasteiger partial charge in [0, 0.05) is 75.9 Å². The van der Waals surface area contributed by atoms with E-state index in [0.29, 0.717) is 91.1 Å². The lowest BCUT2D eigenvalue weighted by Crippen LogP contribution is -2.50. The smallest absolute Gasteiger partial charge is 0.309 e. The van der Waals surface area contributed by atoms with Gasteiger partial charge in [0.2, 0.25) is 5.91 Å². The lowest BCUT2D eigenvalue weighted by atomic mass is 9.92. The molecule has 4 fully saturated rings. The third kappa shape index (κ3) is 8.54. The van der Waals surface area contributed by atoms with Gasteiger partial charge in [0.15, 0.2) is 5.13 Å². The number of likely N-dealkylation sites (tertiary alicyclic amines) is 1. The van der Waals surface area contributed by atoms with E-state index in [9.17, 15) is 14.4 Å². The molecule has 0 atom stereocenters. The summed E-state index contributed by atoms with van der Waals surface area (Å²) in [7, 11) is 0. The predicted molar refractivity (Wildman–Crippen MR) is 209 cm³/mol. The maximum absolute atomic E-state index is 13.5. The number of nitrogens with one attached hydrogen (secondary N) is 1. The van der Waals surface area contributed by atoms with Crippen LogP contribution in [0, 0.1) is 11.8 Å². The second-order valence-corrected chi connectivity index (χ2v) is 16.9. The highest BCUT2D eigenvalue weighted by molar-refractivity contribution is 7.21. The van der Waals surface area contributed by atoms with Crippen molar-refractivity contribution in [1.29, 1.82) is 0 Å². The number of aromatic nitrogens is 2. The molecule has 280 valence electrons. The molecular weight excluding hydrogens is 741 g/mol. The molecule has 1 aliphatic carbocycles. The summed E-state index contributed by atoms with van der Waals surface area (Å²) in [5, 5.41) is 7.55. The average molecular weight is 789 g/mol. The topological polar surface area (TPSA) is 111 Å². The second-order valence-electron chi connectivity index (χ2n) is 14.2. The van der Waals surface area contributed by atoms with Gasteiger partial charge in [0.05, 0.1) is 33.0 Å². The first kappa shape index (κ1) is 37.3. The summed E-state index contributed by atoms with van der Waals surface area (Å²) >= 11 is 16.1. The van der Waals surface area contributed by atoms with Crippen LogP contribution in [0.25, 0.3) is 10.6 Å². The molecule has 52 heavy (non-hydrogen) atoms. The standard InChI is InChI=1S/C37H47Cl2N7O4S2/c1-2-50-36(49)25-10-14-45(15-11-25)34(48)24-8-12-44(13-9-24)32-29(39)20-26(22-40-32)33(47)42-37-41-31(30-21-27(38)23-51-30)35(52-37)46-18-16-43(17-19-46)28-6-4-3-5-7-28/h20-25,28H,2-19H2,1H3,(H,41,42,47). The molecule has 3 aromatic rings. The number of carbonyl (C=O) groups is 3. The Balaban J connectivity index is 0.955. The van der Waals surface area contributed by atoms with Crippen molar-refractivity contribution in [2.75, 3.05) is 74.1 Å². The van der Waals surface area contributed by atoms with Gasteiger partial charge in [-0.1, -0.05) is 53.8 Å². The third-order valence-corrected chi connectivity index (χ3v) is 13.6. The molecule has 7 rings (SSSR count). The number of thiophene rings is 1. The van der Waals surface area contributed by atoms with Gasteiger partial charge >= 0.3 is 5.97 Å². The Morgan fingerprint density at radius 2 is 1.60 bits per heavy atom. The fourth-order valence-corrected chi connectivity index (χ4v) is 10.5. The molecule has 3 aromatic heterocycles. The van der Waals surface area contributed by atoms with Gasteiger partial charge in [0.25, 0.3) is 5.91 Å². The first-order chi connectivity index (χ1) is 25.3. The highest BCUT2D eigenvalue weighted by Crippen LogP contribution is 2.42. The first-order valence-electron chi connectivity index (χ1n) is 18.7. The number of ether oxygens (including phenoxy) is 1. The lowest BCUT2D eigenvalue weighted by molar-refractivity contribution is -0.151. The van der Waals surface area contributed by atoms with Gasteiger partial charge in [-0.3, -0.25) is 24.6 Å². The van der Waals surface area contributed by atoms with Crippen LogP contribution >= 0.6 is 45.9 Å². The molecular formula is C37H47Cl2N7O4S2. The molecule has 0 radical (unpaired) electrons. The van der Waals surface area contributed by atoms with Crippen molar-refractivity contribution in [3.63, 3.8) is 0 Å². The Bertz CT molecular complexity index is 1720. The third-order valence-electron chi connectivity index (χ3n) is 11.0. The molecule has 2 amide bonds. The van der Waals surface area contributed by atoms with Crippen molar-refractivity contribution in [2.24, 2.45) is 11.8 Å². The van der Waals surface area contributed by atoms with Crippen LogP contribution in [0.3, 0.4) is 0 Å². The van der Waals surface area contributed by atoms with Crippen molar-refractivity contribution in [3.8, 4) is 10.6 Å². The number of hydrogen-bond donors (Lipinski definition) is 1. The van der Waals surface area contributed by atoms with Crippen molar-refractivity contribution >= 4 is 79.6 Å². The van der Waals surface area contributed by atoms with Crippen LogP contribution < -0.4 is 15.1 Å². The highest BCUT2D eigenvalue weighted by atomic mass is 35.5. The largest absolute Gasteiger partial charge is 0.466 e. The van der Waals surface area contributed by atoms with E-state index in [1.807, 2.05) is 23.3 Å². The second kappa shape index (κ2) is 17.0. The molecule has 4 aliphatic rings. The molecule has 3 aliphatic heterocycles. The van der Waals surface area contributed by atoms with Gasteiger partial charge in [-0.05, 0) is 57.6 Å². The van der Waals surface area contributed by atoms with Crippen molar-refractivity contribution in [2.45, 2.75) is 70.8 Å². The number of halogens is 2. The van der Waals surface area contributed by atoms with Gasteiger partial charge in [-0.2, -0.15) is 0 Å². The number of pyridine rings is 1. The molecule has 11 nitrogen and oxygen atoms in total. The number of amides is 2. The minimum absolute atomic E-state index is 0.0711. The quantitative estimate of drug-likeness (QED) is 0.224. The van der Waals surface area contributed by atoms with Crippen molar-refractivity contribution in [3.05, 3.63) is 39.3 Å². The van der Waals surface area contributed by atoms with Crippen LogP contribution in [0.1, 0.15) is 75.1 Å². The van der Waals surface area contributed by atoms with Crippen molar-refractivity contribution < 1.29 is 19.1 Å². The Hall–Kier alpha value is -2.97. The fourth-order valence-electron chi connectivity index (χ4n) is 8.06. The normalized spacial score (nSPS) is 19.9. The van der Waals surface area contributed by atoms with Gasteiger partial charge < -0.3 is 19.4 Å². The molecule has 3 saturated heterocycles. The summed E-state index contributed by atoms with van der Waals surface area (Å²) in [6.45, 7) is 8.53. The number of carbonyl (C=O) groups excluding carboxylic acids is 3. The molecule has 15 heteroatoms. The molecule has 1 saturated carbocycles. The number of piperidine rings is 2. The maximum atomic E-state index is 13.5. The summed E-state index contributed by atoms with van der Waals surface area (Å²) in [6, 6.07) is 4.29. The monoisotopic (exact) mass is 787 g/mol. The SMILES string of the molecule is CCOC(=O)C1CCN(C(=O)C2CCN(c3ncc(C(=O)Nc4nc(-c5cc(Cl)cs5)c(N5CCN(C6CCCCC6)CC5)s4)cc3Cl)CC2)CC1. The number of anilines is 3. The zero-order valence-electron chi connectivity index (χ0n) is 29.7.